The van der Waals surface area contributed by atoms with Gasteiger partial charge in [0, 0.05) is 0 Å². The Morgan fingerprint density at radius 1 is 0.314 bits per heavy atom. The summed E-state index contributed by atoms with van der Waals surface area (Å²) in [6.45, 7) is 35.2. The van der Waals surface area contributed by atoms with Crippen molar-refractivity contribution in [2.24, 2.45) is 0 Å². The molecular weight excluding hydrogens is 563 g/mol. The maximum absolute atomic E-state index is 5.89. The van der Waals surface area contributed by atoms with Gasteiger partial charge in [-0.05, 0) is 125 Å². The SMILES string of the molecule is CC(C)(C)O[Si]([S-])(OC(C)(C)C)OC(C)(C)C.CC(C)(C)O[Si]([S-])(OC(C)(C)C)OC(C)(C)C.[Co+2]. The molecule has 0 bridgehead atoms. The molecule has 1 radical (unpaired) electrons. The summed E-state index contributed by atoms with van der Waals surface area (Å²) in [4.78, 5) is 0. The second-order valence-corrected chi connectivity index (χ2v) is 20.5. The molecule has 0 unspecified atom stereocenters. The van der Waals surface area contributed by atoms with E-state index >= 15 is 0 Å². The monoisotopic (exact) mass is 617 g/mol. The molecule has 0 aliphatic rings. The van der Waals surface area contributed by atoms with Crippen LogP contribution in [-0.4, -0.2) is 49.5 Å². The van der Waals surface area contributed by atoms with Gasteiger partial charge in [0.15, 0.2) is 0 Å². The molecule has 0 aromatic heterocycles. The average molecular weight is 618 g/mol. The second-order valence-electron chi connectivity index (χ2n) is 14.3. The molecule has 215 valence electrons. The van der Waals surface area contributed by atoms with Gasteiger partial charge in [0.1, 0.15) is 0 Å². The first-order valence-electron chi connectivity index (χ1n) is 11.9. The van der Waals surface area contributed by atoms with E-state index < -0.39 is 15.9 Å². The van der Waals surface area contributed by atoms with Crippen LogP contribution in [0.25, 0.3) is 0 Å². The maximum Gasteiger partial charge on any atom is 2.00 e. The van der Waals surface area contributed by atoms with Crippen molar-refractivity contribution < 1.29 is 43.3 Å². The van der Waals surface area contributed by atoms with E-state index in [-0.39, 0.29) is 50.4 Å². The summed E-state index contributed by atoms with van der Waals surface area (Å²) in [6, 6.07) is 0. The van der Waals surface area contributed by atoms with Crippen LogP contribution >= 0.6 is 0 Å². The summed E-state index contributed by atoms with van der Waals surface area (Å²) >= 11 is 11.0. The van der Waals surface area contributed by atoms with Gasteiger partial charge >= 0.3 is 32.7 Å². The molecule has 11 heteroatoms. The Labute approximate surface area is 240 Å². The summed E-state index contributed by atoms with van der Waals surface area (Å²) in [5, 5.41) is 0. The van der Waals surface area contributed by atoms with E-state index in [0.29, 0.717) is 0 Å². The van der Waals surface area contributed by atoms with Crippen molar-refractivity contribution in [3.05, 3.63) is 0 Å². The van der Waals surface area contributed by atoms with Crippen molar-refractivity contribution in [1.29, 1.82) is 0 Å². The summed E-state index contributed by atoms with van der Waals surface area (Å²) < 4.78 is 35.3. The fraction of sp³-hybridized carbons (Fsp3) is 1.00. The molecule has 6 nitrogen and oxygen atoms in total. The largest absolute Gasteiger partial charge is 2.00 e. The van der Waals surface area contributed by atoms with E-state index in [4.69, 9.17) is 50.7 Å². The van der Waals surface area contributed by atoms with E-state index in [2.05, 4.69) is 0 Å². The van der Waals surface area contributed by atoms with Crippen molar-refractivity contribution in [3.63, 3.8) is 0 Å². The summed E-state index contributed by atoms with van der Waals surface area (Å²) in [6.07, 6.45) is 0. The fourth-order valence-electron chi connectivity index (χ4n) is 2.38. The molecule has 0 aliphatic heterocycles. The Kier molecular flexibility index (Phi) is 15.9. The standard InChI is InChI=1S/2C12H27O3SSi.Co/c2*1-10(2,3)13-17(16,14-11(4,5)6)15-12(7,8)9;/h2*1-9H3;/q2*-1;+2. The first kappa shape index (κ1) is 40.9. The predicted molar refractivity (Wildman–Crippen MR) is 151 cm³/mol. The van der Waals surface area contributed by atoms with Crippen LogP contribution in [0.4, 0.5) is 0 Å². The smallest absolute Gasteiger partial charge is 0.708 e. The molecule has 0 atom stereocenters. The van der Waals surface area contributed by atoms with Gasteiger partial charge in [-0.25, -0.2) is 0 Å². The minimum atomic E-state index is -3.07. The maximum atomic E-state index is 5.89. The van der Waals surface area contributed by atoms with Gasteiger partial charge in [-0.3, -0.25) is 0 Å². The van der Waals surface area contributed by atoms with Gasteiger partial charge in [0.2, 0.25) is 0 Å². The Morgan fingerprint density at radius 2 is 0.400 bits per heavy atom. The van der Waals surface area contributed by atoms with E-state index in [1.165, 1.54) is 0 Å². The molecule has 0 aromatic rings. The number of rotatable bonds is 6. The fourth-order valence-corrected chi connectivity index (χ4v) is 11.6. The zero-order chi connectivity index (χ0) is 28.2. The van der Waals surface area contributed by atoms with Crippen LogP contribution < -0.4 is 0 Å². The van der Waals surface area contributed by atoms with Gasteiger partial charge < -0.3 is 50.7 Å². The molecule has 0 spiro atoms. The van der Waals surface area contributed by atoms with Crippen molar-refractivity contribution in [2.75, 3.05) is 0 Å². The Balaban J connectivity index is -0.000000569. The first-order valence-corrected chi connectivity index (χ1v) is 17.6. The molecule has 35 heavy (non-hydrogen) atoms. The zero-order valence-corrected chi connectivity index (χ0v) is 30.3. The number of hydrogen-bond donors (Lipinski definition) is 0. The van der Waals surface area contributed by atoms with E-state index in [1.54, 1.807) is 0 Å². The minimum absolute atomic E-state index is 0. The molecule has 0 amide bonds. The summed E-state index contributed by atoms with van der Waals surface area (Å²) in [7, 11) is -6.14. The van der Waals surface area contributed by atoms with Gasteiger partial charge in [-0.2, -0.15) is 0 Å². The molecule has 0 N–H and O–H groups in total. The second kappa shape index (κ2) is 13.6. The van der Waals surface area contributed by atoms with Gasteiger partial charge in [0.05, 0.1) is 33.6 Å². The van der Waals surface area contributed by atoms with Crippen molar-refractivity contribution in [3.8, 4) is 0 Å². The first-order chi connectivity index (χ1) is 14.2. The third-order valence-electron chi connectivity index (χ3n) is 2.59. The van der Waals surface area contributed by atoms with Gasteiger partial charge in [-0.15, -0.1) is 0 Å². The molecule has 0 rings (SSSR count). The minimum Gasteiger partial charge on any atom is -0.708 e. The molecule has 0 heterocycles. The summed E-state index contributed by atoms with van der Waals surface area (Å²) in [5.41, 5.74) is -2.22. The van der Waals surface area contributed by atoms with Gasteiger partial charge in [-0.1, -0.05) is 0 Å². The average Bonchev–Trinajstić information content (AvgIpc) is 2.20. The van der Waals surface area contributed by atoms with E-state index in [0.717, 1.165) is 0 Å². The van der Waals surface area contributed by atoms with Crippen LogP contribution in [0.1, 0.15) is 125 Å². The van der Waals surface area contributed by atoms with Crippen LogP contribution in [0.5, 0.6) is 0 Å². The number of hydrogen-bond acceptors (Lipinski definition) is 8. The summed E-state index contributed by atoms with van der Waals surface area (Å²) in [5.74, 6) is 0. The van der Waals surface area contributed by atoms with Crippen LogP contribution in [0, 0.1) is 0 Å². The Hall–Kier alpha value is 1.40. The quantitative estimate of drug-likeness (QED) is 0.238. The van der Waals surface area contributed by atoms with Gasteiger partial charge in [0.25, 0.3) is 0 Å². The van der Waals surface area contributed by atoms with Crippen molar-refractivity contribution in [1.82, 2.24) is 0 Å². The third kappa shape index (κ3) is 28.2. The predicted octanol–water partition coefficient (Wildman–Crippen LogP) is 6.83. The van der Waals surface area contributed by atoms with Crippen LogP contribution in [-0.2, 0) is 67.5 Å². The molecular formula is C24H54CoO6S2Si2. The zero-order valence-electron chi connectivity index (χ0n) is 25.6. The third-order valence-corrected chi connectivity index (χ3v) is 9.26. The molecule has 0 aromatic carbocycles. The van der Waals surface area contributed by atoms with Crippen LogP contribution in [0.15, 0.2) is 0 Å². The molecule has 0 aliphatic carbocycles. The van der Waals surface area contributed by atoms with Crippen LogP contribution in [0.3, 0.4) is 0 Å². The molecule has 0 fully saturated rings. The Bertz CT molecular complexity index is 475. The van der Waals surface area contributed by atoms with Crippen LogP contribution in [0.2, 0.25) is 0 Å². The van der Waals surface area contributed by atoms with Crippen molar-refractivity contribution in [2.45, 2.75) is 158 Å². The topological polar surface area (TPSA) is 55.4 Å². The van der Waals surface area contributed by atoms with Crippen molar-refractivity contribution >= 4 is 40.1 Å². The molecule has 0 saturated carbocycles. The Morgan fingerprint density at radius 3 is 0.457 bits per heavy atom. The molecule has 0 saturated heterocycles. The van der Waals surface area contributed by atoms with E-state index in [1.807, 2.05) is 125 Å². The van der Waals surface area contributed by atoms with E-state index in [9.17, 15) is 0 Å². The normalized spacial score (nSPS) is 14.7.